The van der Waals surface area contributed by atoms with Crippen LogP contribution in [0.4, 0.5) is 0 Å². The van der Waals surface area contributed by atoms with Crippen molar-refractivity contribution >= 4 is 44.8 Å². The van der Waals surface area contributed by atoms with Gasteiger partial charge in [-0.1, -0.05) is 76.2 Å². The molecule has 4 aromatic rings. The van der Waals surface area contributed by atoms with Gasteiger partial charge in [-0.25, -0.2) is 16.8 Å². The van der Waals surface area contributed by atoms with Crippen molar-refractivity contribution in [1.29, 1.82) is 0 Å². The van der Waals surface area contributed by atoms with Crippen molar-refractivity contribution in [2.75, 3.05) is 82.1 Å². The average Bonchev–Trinajstić information content (AvgIpc) is 3.38. The van der Waals surface area contributed by atoms with E-state index in [4.69, 9.17) is 18.9 Å². The summed E-state index contributed by atoms with van der Waals surface area (Å²) >= 11 is 0. The molecular weight excluding hydrogens is 1030 g/mol. The van der Waals surface area contributed by atoms with Gasteiger partial charge >= 0.3 is 0 Å². The molecule has 0 bridgehead atoms. The zero-order valence-corrected chi connectivity index (χ0v) is 50.1. The number of halogens is 1. The fraction of sp³-hybridized carbons (Fsp3) is 0.536. The number of carbonyl (C=O) groups is 2. The molecule has 0 saturated heterocycles. The fourth-order valence-corrected chi connectivity index (χ4v) is 11.1. The summed E-state index contributed by atoms with van der Waals surface area (Å²) in [6.45, 7) is 19.5. The molecule has 0 unspecified atom stereocenters. The van der Waals surface area contributed by atoms with Gasteiger partial charge in [0, 0.05) is 72.5 Å². The lowest BCUT2D eigenvalue weighted by atomic mass is 10.1. The number of nitrogens with zero attached hydrogens (tertiary/aromatic N) is 3. The van der Waals surface area contributed by atoms with E-state index in [0.717, 1.165) is 38.0 Å². The largest absolute Gasteiger partial charge is 0.497 e. The Morgan fingerprint density at radius 3 is 1.29 bits per heavy atom. The van der Waals surface area contributed by atoms with Gasteiger partial charge in [0.1, 0.15) is 18.1 Å². The minimum absolute atomic E-state index is 0. The summed E-state index contributed by atoms with van der Waals surface area (Å²) in [7, 11) is 2.45. The molecule has 3 N–H and O–H groups in total. The fourth-order valence-electron chi connectivity index (χ4n) is 8.00. The molecule has 0 spiro atoms. The number of ether oxygens (including phenoxy) is 5. The lowest BCUT2D eigenvalue weighted by molar-refractivity contribution is -0.140. The number of nitrogens with one attached hydrogen (secondary N) is 3. The SMILES string of the molecule is CCC(CC)NCc1ccc(CN(C)C(=O)COCCN(C)S(=O)(=O)c2c(C)cc(OC)cc2C)cc1.CCC(CC)NCc1ccc(CNC)cc1.COc1cc(C)c(S(=O)(=O)N(C)CCOCOC=O)c(C)c1.Cl. The third-order valence-corrected chi connectivity index (χ3v) is 17.0. The second kappa shape index (κ2) is 36.4. The third kappa shape index (κ3) is 23.1. The standard InChI is InChI=1S/C28H43N3O5S.C14H24N2.C14H21NO6S.ClH/c1-8-25(9-2)29-18-23-10-12-24(13-11-23)19-30(5)27(32)20-36-15-14-31(6)37(33,34)28-21(3)16-26(35-7)17-22(28)4;1-4-14(5-2)16-11-13-8-6-12(7-9-13)10-15-3;1-11-7-13(19-4)8-12(2)14(11)22(17,18)15(3)5-6-20-10-21-9-16;/h10-13,16-17,25,29H,8-9,14-15,18-20H2,1-7H3;6-9,14-16H,4-5,10-11H2,1-3H3;7-9H,5-6,10H2,1-4H3;1H. The van der Waals surface area contributed by atoms with Crippen LogP contribution in [-0.4, -0.2) is 137 Å². The van der Waals surface area contributed by atoms with Gasteiger partial charge in [0.2, 0.25) is 26.0 Å². The molecular formula is C56H89ClN6O11S2. The van der Waals surface area contributed by atoms with Crippen molar-refractivity contribution < 1.29 is 50.1 Å². The van der Waals surface area contributed by atoms with Crippen LogP contribution in [0.3, 0.4) is 0 Å². The molecule has 0 atom stereocenters. The van der Waals surface area contributed by atoms with Crippen molar-refractivity contribution in [3.05, 3.63) is 117 Å². The zero-order chi connectivity index (χ0) is 56.1. The van der Waals surface area contributed by atoms with E-state index in [1.807, 2.05) is 19.2 Å². The number of sulfonamides is 2. The van der Waals surface area contributed by atoms with Crippen LogP contribution in [-0.2, 0) is 70.0 Å². The van der Waals surface area contributed by atoms with Crippen LogP contribution in [0, 0.1) is 27.7 Å². The quantitative estimate of drug-likeness (QED) is 0.0249. The van der Waals surface area contributed by atoms with E-state index in [0.29, 0.717) is 52.4 Å². The van der Waals surface area contributed by atoms with E-state index in [1.54, 1.807) is 71.0 Å². The number of hydrogen-bond acceptors (Lipinski definition) is 14. The first-order valence-electron chi connectivity index (χ1n) is 25.6. The lowest BCUT2D eigenvalue weighted by Crippen LogP contribution is -2.33. The summed E-state index contributed by atoms with van der Waals surface area (Å²) in [6.07, 6.45) is 4.62. The highest BCUT2D eigenvalue weighted by Gasteiger charge is 2.27. The molecule has 0 fully saturated rings. The minimum Gasteiger partial charge on any atom is -0.497 e. The van der Waals surface area contributed by atoms with Gasteiger partial charge in [-0.2, -0.15) is 8.61 Å². The van der Waals surface area contributed by atoms with Gasteiger partial charge in [0.25, 0.3) is 6.47 Å². The molecule has 0 aliphatic carbocycles. The summed E-state index contributed by atoms with van der Waals surface area (Å²) in [5.74, 6) is 1.07. The number of rotatable bonds is 31. The number of carbonyl (C=O) groups excluding carboxylic acids is 2. The summed E-state index contributed by atoms with van der Waals surface area (Å²) in [4.78, 5) is 24.6. The van der Waals surface area contributed by atoms with Crippen LogP contribution < -0.4 is 25.4 Å². The van der Waals surface area contributed by atoms with Gasteiger partial charge in [-0.15, -0.1) is 12.4 Å². The van der Waals surface area contributed by atoms with E-state index < -0.39 is 20.0 Å². The summed E-state index contributed by atoms with van der Waals surface area (Å²) in [6, 6.07) is 25.0. The number of methoxy groups -OCH3 is 2. The first-order chi connectivity index (χ1) is 35.7. The van der Waals surface area contributed by atoms with Crippen LogP contribution in [0.5, 0.6) is 11.5 Å². The molecule has 0 aliphatic heterocycles. The molecule has 0 radical (unpaired) electrons. The molecule has 0 heterocycles. The van der Waals surface area contributed by atoms with Crippen LogP contribution in [0.2, 0.25) is 0 Å². The van der Waals surface area contributed by atoms with Gasteiger partial charge in [0.15, 0.2) is 6.79 Å². The molecule has 0 saturated carbocycles. The first-order valence-corrected chi connectivity index (χ1v) is 28.5. The predicted molar refractivity (Wildman–Crippen MR) is 305 cm³/mol. The Morgan fingerprint density at radius 2 is 0.947 bits per heavy atom. The van der Waals surface area contributed by atoms with Crippen LogP contribution >= 0.6 is 12.4 Å². The molecule has 1 amide bonds. The maximum absolute atomic E-state index is 13.1. The molecule has 20 heteroatoms. The lowest BCUT2D eigenvalue weighted by Gasteiger charge is -2.21. The van der Waals surface area contributed by atoms with Crippen molar-refractivity contribution in [3.8, 4) is 11.5 Å². The van der Waals surface area contributed by atoms with Crippen LogP contribution in [0.15, 0.2) is 82.6 Å². The van der Waals surface area contributed by atoms with E-state index in [-0.39, 0.29) is 74.3 Å². The maximum atomic E-state index is 13.1. The highest BCUT2D eigenvalue weighted by Crippen LogP contribution is 2.29. The maximum Gasteiger partial charge on any atom is 0.295 e. The zero-order valence-electron chi connectivity index (χ0n) is 47.6. The van der Waals surface area contributed by atoms with E-state index in [1.165, 1.54) is 59.3 Å². The third-order valence-electron chi connectivity index (χ3n) is 12.7. The van der Waals surface area contributed by atoms with E-state index >= 15 is 0 Å². The van der Waals surface area contributed by atoms with E-state index in [2.05, 4.69) is 84.8 Å². The van der Waals surface area contributed by atoms with Crippen molar-refractivity contribution in [2.24, 2.45) is 0 Å². The molecule has 4 rings (SSSR count). The second-order valence-electron chi connectivity index (χ2n) is 18.4. The van der Waals surface area contributed by atoms with Crippen LogP contribution in [0.25, 0.3) is 0 Å². The summed E-state index contributed by atoms with van der Waals surface area (Å²) in [5.41, 5.74) is 7.45. The first kappa shape index (κ1) is 69.3. The summed E-state index contributed by atoms with van der Waals surface area (Å²) < 4.78 is 79.2. The Bertz CT molecular complexity index is 2480. The van der Waals surface area contributed by atoms with Crippen molar-refractivity contribution in [1.82, 2.24) is 29.5 Å². The van der Waals surface area contributed by atoms with Gasteiger partial charge < -0.3 is 44.5 Å². The molecule has 76 heavy (non-hydrogen) atoms. The monoisotopic (exact) mass is 1120 g/mol. The number of aryl methyl sites for hydroxylation is 4. The molecule has 428 valence electrons. The number of likely N-dealkylation sites (N-methyl/N-ethyl adjacent to an activating group) is 3. The van der Waals surface area contributed by atoms with Gasteiger partial charge in [-0.05, 0) is 129 Å². The molecule has 0 aromatic heterocycles. The number of hydrogen-bond donors (Lipinski definition) is 3. The molecule has 17 nitrogen and oxygen atoms in total. The number of benzene rings is 4. The highest BCUT2D eigenvalue weighted by molar-refractivity contribution is 7.89. The van der Waals surface area contributed by atoms with Crippen molar-refractivity contribution in [3.63, 3.8) is 0 Å². The minimum atomic E-state index is -3.70. The Labute approximate surface area is 462 Å². The number of amides is 1. The second-order valence-corrected chi connectivity index (χ2v) is 22.3. The smallest absolute Gasteiger partial charge is 0.295 e. The van der Waals surface area contributed by atoms with Crippen molar-refractivity contribution in [2.45, 2.75) is 129 Å². The van der Waals surface area contributed by atoms with Gasteiger partial charge in [0.05, 0.1) is 37.2 Å². The van der Waals surface area contributed by atoms with Crippen LogP contribution in [0.1, 0.15) is 97.9 Å². The van der Waals surface area contributed by atoms with E-state index in [9.17, 15) is 26.4 Å². The Balaban J connectivity index is 0.000000626. The van der Waals surface area contributed by atoms with Gasteiger partial charge in [-0.3, -0.25) is 9.59 Å². The predicted octanol–water partition coefficient (Wildman–Crippen LogP) is 8.07. The Kier molecular flexibility index (Phi) is 33.2. The average molecular weight is 1120 g/mol. The Morgan fingerprint density at radius 1 is 0.592 bits per heavy atom. The topological polar surface area (TPSA) is 194 Å². The Hall–Kier alpha value is -4.67. The molecule has 0 aliphatic rings. The molecule has 4 aromatic carbocycles. The summed E-state index contributed by atoms with van der Waals surface area (Å²) in [5, 5.41) is 10.3. The normalized spacial score (nSPS) is 11.4. The highest BCUT2D eigenvalue weighted by atomic mass is 35.5.